The van der Waals surface area contributed by atoms with Gasteiger partial charge in [-0.2, -0.15) is 13.2 Å². The highest BCUT2D eigenvalue weighted by Crippen LogP contribution is 2.30. The smallest absolute Gasteiger partial charge is 0.346 e. The van der Waals surface area contributed by atoms with Gasteiger partial charge in [0.15, 0.2) is 0 Å². The molecule has 0 aliphatic heterocycles. The number of benzene rings is 2. The Labute approximate surface area is 165 Å². The Balaban J connectivity index is 2.27. The quantitative estimate of drug-likeness (QED) is 0.697. The minimum absolute atomic E-state index is 0.124. The molecule has 0 spiro atoms. The molecule has 0 aliphatic rings. The minimum Gasteiger partial charge on any atom is -0.346 e. The molecule has 6 nitrogen and oxygen atoms in total. The van der Waals surface area contributed by atoms with Gasteiger partial charge < -0.3 is 16.0 Å². The molecule has 3 amide bonds. The maximum absolute atomic E-state index is 12.9. The van der Waals surface area contributed by atoms with Crippen molar-refractivity contribution in [1.29, 1.82) is 0 Å². The zero-order valence-corrected chi connectivity index (χ0v) is 16.0. The molecule has 2 aromatic rings. The molecule has 1 unspecified atom stereocenters. The standard InChI is InChI=1S/C20H20F3N3O3/c1-11(14-5-4-6-16(7-14)20(21,22)23)24-19(29)15-8-17(25-12(2)27)10-18(9-15)26-13(3)28/h4-11H,1-3H3,(H,24,29)(H,25,27)(H,26,28). The molecule has 2 aromatic carbocycles. The number of carbonyl (C=O) groups excluding carboxylic acids is 3. The van der Waals surface area contributed by atoms with Crippen molar-refractivity contribution in [3.8, 4) is 0 Å². The van der Waals surface area contributed by atoms with Gasteiger partial charge in [0.1, 0.15) is 0 Å². The van der Waals surface area contributed by atoms with Crippen LogP contribution in [0.15, 0.2) is 42.5 Å². The topological polar surface area (TPSA) is 87.3 Å². The fourth-order valence-electron chi connectivity index (χ4n) is 2.66. The van der Waals surface area contributed by atoms with Gasteiger partial charge >= 0.3 is 6.18 Å². The number of rotatable bonds is 5. The Hall–Kier alpha value is -3.36. The number of alkyl halides is 3. The summed E-state index contributed by atoms with van der Waals surface area (Å²) in [5.74, 6) is -1.31. The summed E-state index contributed by atoms with van der Waals surface area (Å²) in [6, 6.07) is 8.26. The number of nitrogens with one attached hydrogen (secondary N) is 3. The number of carbonyl (C=O) groups is 3. The average molecular weight is 407 g/mol. The summed E-state index contributed by atoms with van der Waals surface area (Å²) in [7, 11) is 0. The highest BCUT2D eigenvalue weighted by molar-refractivity contribution is 6.00. The summed E-state index contributed by atoms with van der Waals surface area (Å²) in [6.07, 6.45) is -4.49. The van der Waals surface area contributed by atoms with E-state index in [0.717, 1.165) is 12.1 Å². The monoisotopic (exact) mass is 407 g/mol. The number of hydrogen-bond donors (Lipinski definition) is 3. The highest BCUT2D eigenvalue weighted by Gasteiger charge is 2.30. The summed E-state index contributed by atoms with van der Waals surface area (Å²) in [4.78, 5) is 35.3. The summed E-state index contributed by atoms with van der Waals surface area (Å²) in [6.45, 7) is 4.14. The second-order valence-electron chi connectivity index (χ2n) is 6.48. The van der Waals surface area contributed by atoms with E-state index in [4.69, 9.17) is 0 Å². The van der Waals surface area contributed by atoms with Gasteiger partial charge in [-0.05, 0) is 42.8 Å². The maximum atomic E-state index is 12.9. The number of halogens is 3. The average Bonchev–Trinajstić information content (AvgIpc) is 2.59. The first kappa shape index (κ1) is 21.9. The molecular formula is C20H20F3N3O3. The van der Waals surface area contributed by atoms with Crippen LogP contribution in [-0.4, -0.2) is 17.7 Å². The van der Waals surface area contributed by atoms with Gasteiger partial charge in [-0.15, -0.1) is 0 Å². The molecule has 0 saturated carbocycles. The predicted octanol–water partition coefficient (Wildman–Crippen LogP) is 4.11. The largest absolute Gasteiger partial charge is 0.416 e. The lowest BCUT2D eigenvalue weighted by Crippen LogP contribution is -2.27. The first-order chi connectivity index (χ1) is 13.5. The van der Waals surface area contributed by atoms with Crippen LogP contribution in [0.5, 0.6) is 0 Å². The van der Waals surface area contributed by atoms with Gasteiger partial charge in [-0.1, -0.05) is 12.1 Å². The summed E-state index contributed by atoms with van der Waals surface area (Å²) in [5.41, 5.74) is 0.185. The van der Waals surface area contributed by atoms with Gasteiger partial charge in [0.25, 0.3) is 5.91 Å². The molecule has 0 aliphatic carbocycles. The van der Waals surface area contributed by atoms with Crippen molar-refractivity contribution in [2.24, 2.45) is 0 Å². The molecule has 0 bridgehead atoms. The summed E-state index contributed by atoms with van der Waals surface area (Å²) >= 11 is 0. The lowest BCUT2D eigenvalue weighted by Gasteiger charge is -2.17. The first-order valence-corrected chi connectivity index (χ1v) is 8.64. The van der Waals surface area contributed by atoms with E-state index >= 15 is 0 Å². The van der Waals surface area contributed by atoms with Crippen LogP contribution in [0.4, 0.5) is 24.5 Å². The van der Waals surface area contributed by atoms with E-state index < -0.39 is 23.7 Å². The molecule has 154 valence electrons. The van der Waals surface area contributed by atoms with E-state index in [1.165, 1.54) is 44.2 Å². The second-order valence-corrected chi connectivity index (χ2v) is 6.48. The Morgan fingerprint density at radius 1 is 0.897 bits per heavy atom. The Morgan fingerprint density at radius 3 is 1.93 bits per heavy atom. The van der Waals surface area contributed by atoms with Crippen LogP contribution in [0.25, 0.3) is 0 Å². The SMILES string of the molecule is CC(=O)Nc1cc(NC(C)=O)cc(C(=O)NC(C)c2cccc(C(F)(F)F)c2)c1. The third kappa shape index (κ3) is 6.34. The van der Waals surface area contributed by atoms with E-state index in [1.54, 1.807) is 6.92 Å². The second kappa shape index (κ2) is 8.76. The molecule has 2 rings (SSSR count). The van der Waals surface area contributed by atoms with E-state index in [-0.39, 0.29) is 22.9 Å². The lowest BCUT2D eigenvalue weighted by molar-refractivity contribution is -0.137. The molecule has 0 heterocycles. The summed E-state index contributed by atoms with van der Waals surface area (Å²) < 4.78 is 38.7. The van der Waals surface area contributed by atoms with Gasteiger partial charge in [0.2, 0.25) is 11.8 Å². The third-order valence-corrected chi connectivity index (χ3v) is 3.90. The molecule has 0 fully saturated rings. The zero-order valence-electron chi connectivity index (χ0n) is 16.0. The molecular weight excluding hydrogens is 387 g/mol. The van der Waals surface area contributed by atoms with Gasteiger partial charge in [-0.25, -0.2) is 0 Å². The van der Waals surface area contributed by atoms with Crippen LogP contribution in [0.3, 0.4) is 0 Å². The minimum atomic E-state index is -4.49. The fraction of sp³-hybridized carbons (Fsp3) is 0.250. The highest BCUT2D eigenvalue weighted by atomic mass is 19.4. The predicted molar refractivity (Wildman–Crippen MR) is 102 cm³/mol. The van der Waals surface area contributed by atoms with Crippen molar-refractivity contribution < 1.29 is 27.6 Å². The number of amides is 3. The van der Waals surface area contributed by atoms with Crippen LogP contribution < -0.4 is 16.0 Å². The molecule has 0 saturated heterocycles. The Morgan fingerprint density at radius 2 is 1.45 bits per heavy atom. The molecule has 3 N–H and O–H groups in total. The number of hydrogen-bond acceptors (Lipinski definition) is 3. The van der Waals surface area contributed by atoms with Gasteiger partial charge in [0, 0.05) is 30.8 Å². The third-order valence-electron chi connectivity index (χ3n) is 3.90. The van der Waals surface area contributed by atoms with Crippen LogP contribution in [0.1, 0.15) is 48.3 Å². The Bertz CT molecular complexity index is 908. The summed E-state index contributed by atoms with van der Waals surface area (Å²) in [5, 5.41) is 7.68. The van der Waals surface area contributed by atoms with Crippen molar-refractivity contribution >= 4 is 29.1 Å². The fourth-order valence-corrected chi connectivity index (χ4v) is 2.66. The maximum Gasteiger partial charge on any atom is 0.416 e. The molecule has 9 heteroatoms. The van der Waals surface area contributed by atoms with E-state index in [2.05, 4.69) is 16.0 Å². The normalized spacial score (nSPS) is 12.1. The zero-order chi connectivity index (χ0) is 21.8. The van der Waals surface area contributed by atoms with Gasteiger partial charge in [0.05, 0.1) is 11.6 Å². The number of anilines is 2. The molecule has 1 atom stereocenters. The first-order valence-electron chi connectivity index (χ1n) is 8.64. The van der Waals surface area contributed by atoms with E-state index in [9.17, 15) is 27.6 Å². The van der Waals surface area contributed by atoms with Crippen molar-refractivity contribution in [3.05, 3.63) is 59.2 Å². The molecule has 29 heavy (non-hydrogen) atoms. The van der Waals surface area contributed by atoms with Crippen molar-refractivity contribution in [3.63, 3.8) is 0 Å². The molecule has 0 radical (unpaired) electrons. The lowest BCUT2D eigenvalue weighted by atomic mass is 10.0. The van der Waals surface area contributed by atoms with E-state index in [1.807, 2.05) is 0 Å². The van der Waals surface area contributed by atoms with E-state index in [0.29, 0.717) is 11.4 Å². The van der Waals surface area contributed by atoms with Crippen molar-refractivity contribution in [1.82, 2.24) is 5.32 Å². The van der Waals surface area contributed by atoms with Crippen LogP contribution >= 0.6 is 0 Å². The van der Waals surface area contributed by atoms with Crippen molar-refractivity contribution in [2.45, 2.75) is 33.0 Å². The van der Waals surface area contributed by atoms with Gasteiger partial charge in [-0.3, -0.25) is 14.4 Å². The van der Waals surface area contributed by atoms with Crippen LogP contribution in [-0.2, 0) is 15.8 Å². The van der Waals surface area contributed by atoms with Crippen molar-refractivity contribution in [2.75, 3.05) is 10.6 Å². The van der Waals surface area contributed by atoms with Crippen LogP contribution in [0.2, 0.25) is 0 Å². The Kier molecular flexibility index (Phi) is 6.63. The van der Waals surface area contributed by atoms with Crippen LogP contribution in [0, 0.1) is 0 Å². The molecule has 0 aromatic heterocycles.